The van der Waals surface area contributed by atoms with Gasteiger partial charge in [0.15, 0.2) is 11.5 Å². The predicted octanol–water partition coefficient (Wildman–Crippen LogP) is 3.04. The highest BCUT2D eigenvalue weighted by atomic mass is 32.2. The third-order valence-electron chi connectivity index (χ3n) is 1.83. The van der Waals surface area contributed by atoms with Crippen molar-refractivity contribution in [1.82, 2.24) is 0 Å². The van der Waals surface area contributed by atoms with E-state index < -0.39 is 0 Å². The predicted molar refractivity (Wildman–Crippen MR) is 61.1 cm³/mol. The number of thioether (sulfide) groups is 1. The molecule has 0 saturated heterocycles. The van der Waals surface area contributed by atoms with Gasteiger partial charge in [0, 0.05) is 5.75 Å². The Morgan fingerprint density at radius 1 is 1.43 bits per heavy atom. The molecule has 0 aliphatic rings. The van der Waals surface area contributed by atoms with Gasteiger partial charge in [-0.1, -0.05) is 19.9 Å². The van der Waals surface area contributed by atoms with E-state index in [1.54, 1.807) is 19.2 Å². The molecule has 2 nitrogen and oxygen atoms in total. The van der Waals surface area contributed by atoms with Crippen LogP contribution in [-0.4, -0.2) is 17.5 Å². The van der Waals surface area contributed by atoms with Gasteiger partial charge in [-0.2, -0.15) is 11.8 Å². The summed E-state index contributed by atoms with van der Waals surface area (Å²) in [5.74, 6) is 1.67. The lowest BCUT2D eigenvalue weighted by atomic mass is 10.2. The molecule has 0 saturated carbocycles. The van der Waals surface area contributed by atoms with Crippen molar-refractivity contribution in [1.29, 1.82) is 0 Å². The van der Waals surface area contributed by atoms with Crippen molar-refractivity contribution in [2.24, 2.45) is 0 Å². The number of hydrogen-bond acceptors (Lipinski definition) is 3. The largest absolute Gasteiger partial charge is 0.504 e. The second-order valence-electron chi connectivity index (χ2n) is 3.37. The molecule has 0 aliphatic carbocycles. The fraction of sp³-hybridized carbons (Fsp3) is 0.455. The van der Waals surface area contributed by atoms with Crippen molar-refractivity contribution in [3.05, 3.63) is 23.8 Å². The Hall–Kier alpha value is -0.830. The number of aromatic hydroxyl groups is 1. The summed E-state index contributed by atoms with van der Waals surface area (Å²) < 4.78 is 4.97. The normalized spacial score (nSPS) is 10.6. The maximum atomic E-state index is 9.52. The maximum absolute atomic E-state index is 9.52. The smallest absolute Gasteiger partial charge is 0.160 e. The van der Waals surface area contributed by atoms with E-state index in [0.29, 0.717) is 11.0 Å². The number of phenolic OH excluding ortho intramolecular Hbond substituents is 1. The van der Waals surface area contributed by atoms with Gasteiger partial charge in [-0.05, 0) is 22.9 Å². The van der Waals surface area contributed by atoms with E-state index in [2.05, 4.69) is 13.8 Å². The third-order valence-corrected chi connectivity index (χ3v) is 2.99. The average molecular weight is 212 g/mol. The van der Waals surface area contributed by atoms with Crippen molar-refractivity contribution >= 4 is 11.8 Å². The number of benzene rings is 1. The van der Waals surface area contributed by atoms with E-state index in [-0.39, 0.29) is 5.75 Å². The Kier molecular flexibility index (Phi) is 4.14. The summed E-state index contributed by atoms with van der Waals surface area (Å²) in [5, 5.41) is 10.1. The van der Waals surface area contributed by atoms with E-state index >= 15 is 0 Å². The Morgan fingerprint density at radius 3 is 2.64 bits per heavy atom. The van der Waals surface area contributed by atoms with Gasteiger partial charge in [0.05, 0.1) is 7.11 Å². The van der Waals surface area contributed by atoms with Gasteiger partial charge in [0.1, 0.15) is 0 Å². The van der Waals surface area contributed by atoms with E-state index in [4.69, 9.17) is 4.74 Å². The Bertz CT molecular complexity index is 297. The van der Waals surface area contributed by atoms with Crippen molar-refractivity contribution in [2.45, 2.75) is 24.9 Å². The van der Waals surface area contributed by atoms with Crippen molar-refractivity contribution in [2.75, 3.05) is 7.11 Å². The molecule has 1 aromatic carbocycles. The second kappa shape index (κ2) is 5.15. The highest BCUT2D eigenvalue weighted by Crippen LogP contribution is 2.28. The molecule has 78 valence electrons. The lowest BCUT2D eigenvalue weighted by molar-refractivity contribution is 0.373. The molecule has 0 spiro atoms. The minimum Gasteiger partial charge on any atom is -0.504 e. The first kappa shape index (κ1) is 11.2. The zero-order chi connectivity index (χ0) is 10.6. The van der Waals surface area contributed by atoms with E-state index in [1.807, 2.05) is 17.8 Å². The Labute approximate surface area is 89.3 Å². The molecule has 1 rings (SSSR count). The van der Waals surface area contributed by atoms with Gasteiger partial charge in [-0.15, -0.1) is 0 Å². The molecule has 3 heteroatoms. The highest BCUT2D eigenvalue weighted by Gasteiger charge is 2.03. The summed E-state index contributed by atoms with van der Waals surface area (Å²) in [4.78, 5) is 0. The zero-order valence-electron chi connectivity index (χ0n) is 8.78. The average Bonchev–Trinajstić information content (AvgIpc) is 2.15. The summed E-state index contributed by atoms with van der Waals surface area (Å²) in [6.07, 6.45) is 0. The minimum absolute atomic E-state index is 0.217. The number of rotatable bonds is 4. The topological polar surface area (TPSA) is 29.5 Å². The van der Waals surface area contributed by atoms with Gasteiger partial charge in [-0.25, -0.2) is 0 Å². The molecule has 0 radical (unpaired) electrons. The van der Waals surface area contributed by atoms with Crippen LogP contribution in [0.15, 0.2) is 18.2 Å². The van der Waals surface area contributed by atoms with Crippen LogP contribution in [0, 0.1) is 0 Å². The first-order chi connectivity index (χ1) is 6.63. The van der Waals surface area contributed by atoms with Gasteiger partial charge >= 0.3 is 0 Å². The first-order valence-corrected chi connectivity index (χ1v) is 5.66. The van der Waals surface area contributed by atoms with Crippen LogP contribution in [0.2, 0.25) is 0 Å². The highest BCUT2D eigenvalue weighted by molar-refractivity contribution is 7.99. The van der Waals surface area contributed by atoms with Crippen molar-refractivity contribution in [3.63, 3.8) is 0 Å². The fourth-order valence-electron chi connectivity index (χ4n) is 1.09. The molecule has 0 atom stereocenters. The van der Waals surface area contributed by atoms with Gasteiger partial charge in [0.2, 0.25) is 0 Å². The third kappa shape index (κ3) is 3.14. The molecule has 0 bridgehead atoms. The van der Waals surface area contributed by atoms with Gasteiger partial charge < -0.3 is 9.84 Å². The summed E-state index contributed by atoms with van der Waals surface area (Å²) in [7, 11) is 1.55. The molecule has 1 aromatic rings. The molecule has 0 fully saturated rings. The van der Waals surface area contributed by atoms with Crippen LogP contribution in [-0.2, 0) is 5.75 Å². The van der Waals surface area contributed by atoms with Crippen molar-refractivity contribution in [3.8, 4) is 11.5 Å². The monoisotopic (exact) mass is 212 g/mol. The quantitative estimate of drug-likeness (QED) is 0.831. The molecule has 0 unspecified atom stereocenters. The van der Waals surface area contributed by atoms with Crippen LogP contribution in [0.25, 0.3) is 0 Å². The van der Waals surface area contributed by atoms with Gasteiger partial charge in [-0.3, -0.25) is 0 Å². The summed E-state index contributed by atoms with van der Waals surface area (Å²) in [5.41, 5.74) is 1.13. The molecular formula is C11H16O2S. The van der Waals surface area contributed by atoms with Gasteiger partial charge in [0.25, 0.3) is 0 Å². The van der Waals surface area contributed by atoms with Crippen LogP contribution >= 0.6 is 11.8 Å². The number of methoxy groups -OCH3 is 1. The van der Waals surface area contributed by atoms with E-state index in [1.165, 1.54) is 0 Å². The molecule has 1 N–H and O–H groups in total. The summed E-state index contributed by atoms with van der Waals surface area (Å²) in [6, 6.07) is 5.54. The lowest BCUT2D eigenvalue weighted by Crippen LogP contribution is -1.90. The van der Waals surface area contributed by atoms with Crippen LogP contribution < -0.4 is 4.74 Å². The molecule has 0 aromatic heterocycles. The van der Waals surface area contributed by atoms with Crippen LogP contribution in [0.3, 0.4) is 0 Å². The van der Waals surface area contributed by atoms with Crippen molar-refractivity contribution < 1.29 is 9.84 Å². The molecule has 0 amide bonds. The number of hydrogen-bond donors (Lipinski definition) is 1. The number of phenols is 1. The zero-order valence-corrected chi connectivity index (χ0v) is 9.60. The van der Waals surface area contributed by atoms with E-state index in [0.717, 1.165) is 11.3 Å². The Morgan fingerprint density at radius 2 is 2.14 bits per heavy atom. The number of ether oxygens (including phenoxy) is 1. The summed E-state index contributed by atoms with van der Waals surface area (Å²) >= 11 is 1.85. The van der Waals surface area contributed by atoms with Crippen LogP contribution in [0.5, 0.6) is 11.5 Å². The maximum Gasteiger partial charge on any atom is 0.160 e. The van der Waals surface area contributed by atoms with Crippen LogP contribution in [0.1, 0.15) is 19.4 Å². The van der Waals surface area contributed by atoms with E-state index in [9.17, 15) is 5.11 Å². The minimum atomic E-state index is 0.217. The fourth-order valence-corrected chi connectivity index (χ4v) is 1.79. The lowest BCUT2D eigenvalue weighted by Gasteiger charge is -2.07. The summed E-state index contributed by atoms with van der Waals surface area (Å²) in [6.45, 7) is 4.32. The molecule has 0 aliphatic heterocycles. The SMILES string of the molecule is COc1ccc(CSC(C)C)cc1O. The first-order valence-electron chi connectivity index (χ1n) is 4.61. The van der Waals surface area contributed by atoms with Crippen LogP contribution in [0.4, 0.5) is 0 Å². The second-order valence-corrected chi connectivity index (χ2v) is 4.93. The standard InChI is InChI=1S/C11H16O2S/c1-8(2)14-7-9-4-5-11(13-3)10(12)6-9/h4-6,8,12H,7H2,1-3H3. The Balaban J connectivity index is 2.66. The molecular weight excluding hydrogens is 196 g/mol. The molecule has 0 heterocycles. The molecule has 14 heavy (non-hydrogen) atoms.